The van der Waals surface area contributed by atoms with Gasteiger partial charge in [-0.2, -0.15) is 5.10 Å². The molecule has 0 unspecified atom stereocenters. The zero-order chi connectivity index (χ0) is 23.6. The van der Waals surface area contributed by atoms with Crippen molar-refractivity contribution >= 4 is 27.0 Å². The van der Waals surface area contributed by atoms with Crippen molar-refractivity contribution in [3.05, 3.63) is 58.5 Å². The zero-order valence-electron chi connectivity index (χ0n) is 18.1. The molecule has 1 N–H and O–H groups in total. The maximum Gasteiger partial charge on any atom is 0.264 e. The van der Waals surface area contributed by atoms with Crippen LogP contribution in [0.2, 0.25) is 0 Å². The Hall–Kier alpha value is -3.12. The molecule has 4 rings (SSSR count). The summed E-state index contributed by atoms with van der Waals surface area (Å²) in [4.78, 5) is 29.6. The number of hydrogen-bond acceptors (Lipinski definition) is 6. The van der Waals surface area contributed by atoms with Crippen LogP contribution in [-0.4, -0.2) is 63.9 Å². The molecule has 12 heteroatoms. The fourth-order valence-corrected chi connectivity index (χ4v) is 4.81. The Morgan fingerprint density at radius 2 is 1.91 bits per heavy atom. The first-order valence-electron chi connectivity index (χ1n) is 10.6. The van der Waals surface area contributed by atoms with E-state index in [-0.39, 0.29) is 29.7 Å². The molecule has 2 aromatic heterocycles. The number of rotatable bonds is 7. The third-order valence-corrected chi connectivity index (χ3v) is 7.11. The molecule has 1 fully saturated rings. The molecule has 3 heterocycles. The van der Waals surface area contributed by atoms with E-state index < -0.39 is 10.0 Å². The van der Waals surface area contributed by atoms with Gasteiger partial charge in [-0.1, -0.05) is 12.1 Å². The largest absolute Gasteiger partial charge is 0.354 e. The molecule has 33 heavy (non-hydrogen) atoms. The first-order chi connectivity index (χ1) is 15.7. The molecule has 0 radical (unpaired) electrons. The molecular formula is C21H25FN6O4S. The van der Waals surface area contributed by atoms with Crippen molar-refractivity contribution < 1.29 is 17.6 Å². The summed E-state index contributed by atoms with van der Waals surface area (Å²) in [5.41, 5.74) is 0.945. The summed E-state index contributed by atoms with van der Waals surface area (Å²) in [6.45, 7) is 1.60. The number of fused-ring (bicyclic) bond motifs is 1. The number of aromatic nitrogens is 4. The number of halogens is 1. The van der Waals surface area contributed by atoms with E-state index in [4.69, 9.17) is 0 Å². The molecule has 1 aromatic carbocycles. The van der Waals surface area contributed by atoms with Gasteiger partial charge in [0.15, 0.2) is 5.65 Å². The highest BCUT2D eigenvalue weighted by Gasteiger charge is 2.28. The van der Waals surface area contributed by atoms with Crippen LogP contribution in [0.3, 0.4) is 0 Å². The summed E-state index contributed by atoms with van der Waals surface area (Å²) in [5, 5.41) is 7.45. The van der Waals surface area contributed by atoms with E-state index in [0.717, 1.165) is 5.56 Å². The van der Waals surface area contributed by atoms with Gasteiger partial charge < -0.3 is 5.32 Å². The van der Waals surface area contributed by atoms with Crippen molar-refractivity contribution in [2.24, 2.45) is 5.92 Å². The minimum atomic E-state index is -3.23. The number of sulfonamides is 1. The summed E-state index contributed by atoms with van der Waals surface area (Å²) in [6.07, 6.45) is 5.03. The van der Waals surface area contributed by atoms with E-state index in [1.165, 1.54) is 39.8 Å². The molecule has 3 aromatic rings. The van der Waals surface area contributed by atoms with Gasteiger partial charge in [-0.25, -0.2) is 26.8 Å². The number of benzene rings is 1. The zero-order valence-corrected chi connectivity index (χ0v) is 19.0. The number of amides is 1. The van der Waals surface area contributed by atoms with Crippen LogP contribution in [0.15, 0.2) is 41.6 Å². The van der Waals surface area contributed by atoms with Gasteiger partial charge in [-0.15, -0.1) is 0 Å². The second-order valence-electron chi connectivity index (χ2n) is 8.14. The van der Waals surface area contributed by atoms with Crippen LogP contribution < -0.4 is 10.9 Å². The van der Waals surface area contributed by atoms with Crippen LogP contribution in [0.1, 0.15) is 18.4 Å². The van der Waals surface area contributed by atoms with Crippen LogP contribution >= 0.6 is 0 Å². The lowest BCUT2D eigenvalue weighted by atomic mass is 9.97. The SMILES string of the molecule is CS(=O)(=O)N1CCC(C(=O)NCCn2ncc3c(=O)n(Cc4ccc(F)cc4)cnc32)CC1. The Kier molecular flexibility index (Phi) is 6.56. The molecular weight excluding hydrogens is 451 g/mol. The number of hydrogen-bond donors (Lipinski definition) is 1. The maximum absolute atomic E-state index is 13.1. The van der Waals surface area contributed by atoms with Gasteiger partial charge in [-0.05, 0) is 30.5 Å². The van der Waals surface area contributed by atoms with Crippen LogP contribution in [0, 0.1) is 11.7 Å². The minimum absolute atomic E-state index is 0.116. The average Bonchev–Trinajstić information content (AvgIpc) is 3.20. The molecule has 1 aliphatic heterocycles. The molecule has 0 atom stereocenters. The summed E-state index contributed by atoms with van der Waals surface area (Å²) < 4.78 is 40.7. The van der Waals surface area contributed by atoms with Crippen molar-refractivity contribution in [2.45, 2.75) is 25.9 Å². The van der Waals surface area contributed by atoms with Gasteiger partial charge >= 0.3 is 0 Å². The Bertz CT molecular complexity index is 1310. The fraction of sp³-hybridized carbons (Fsp3) is 0.429. The van der Waals surface area contributed by atoms with Gasteiger partial charge in [0.1, 0.15) is 17.5 Å². The predicted octanol–water partition coefficient (Wildman–Crippen LogP) is 0.568. The minimum Gasteiger partial charge on any atom is -0.354 e. The van der Waals surface area contributed by atoms with E-state index in [0.29, 0.717) is 50.1 Å². The predicted molar refractivity (Wildman–Crippen MR) is 119 cm³/mol. The second kappa shape index (κ2) is 9.40. The lowest BCUT2D eigenvalue weighted by Crippen LogP contribution is -2.43. The van der Waals surface area contributed by atoms with E-state index in [1.807, 2.05) is 0 Å². The molecule has 0 saturated carbocycles. The van der Waals surface area contributed by atoms with Gasteiger partial charge in [-0.3, -0.25) is 14.2 Å². The summed E-state index contributed by atoms with van der Waals surface area (Å²) in [6, 6.07) is 5.91. The van der Waals surface area contributed by atoms with Crippen molar-refractivity contribution in [1.82, 2.24) is 29.0 Å². The number of nitrogens with zero attached hydrogens (tertiary/aromatic N) is 5. The summed E-state index contributed by atoms with van der Waals surface area (Å²) in [5.74, 6) is -0.684. The number of piperidine rings is 1. The Morgan fingerprint density at radius 1 is 1.21 bits per heavy atom. The molecule has 10 nitrogen and oxygen atoms in total. The number of nitrogens with one attached hydrogen (secondary N) is 1. The normalized spacial score (nSPS) is 15.7. The van der Waals surface area contributed by atoms with Crippen LogP contribution in [0.5, 0.6) is 0 Å². The topological polar surface area (TPSA) is 119 Å². The molecule has 1 amide bonds. The second-order valence-corrected chi connectivity index (χ2v) is 10.1. The van der Waals surface area contributed by atoms with Crippen molar-refractivity contribution in [3.8, 4) is 0 Å². The summed E-state index contributed by atoms with van der Waals surface area (Å²) >= 11 is 0. The van der Waals surface area contributed by atoms with Gasteiger partial charge in [0.25, 0.3) is 5.56 Å². The average molecular weight is 477 g/mol. The quantitative estimate of drug-likeness (QED) is 0.533. The molecule has 0 bridgehead atoms. The highest BCUT2D eigenvalue weighted by molar-refractivity contribution is 7.88. The monoisotopic (exact) mass is 476 g/mol. The van der Waals surface area contributed by atoms with Crippen LogP contribution in [0.25, 0.3) is 11.0 Å². The lowest BCUT2D eigenvalue weighted by Gasteiger charge is -2.29. The smallest absolute Gasteiger partial charge is 0.264 e. The van der Waals surface area contributed by atoms with Crippen molar-refractivity contribution in [2.75, 3.05) is 25.9 Å². The lowest BCUT2D eigenvalue weighted by molar-refractivity contribution is -0.126. The molecule has 1 aliphatic rings. The third kappa shape index (κ3) is 5.28. The molecule has 0 spiro atoms. The standard InChI is InChI=1S/C21H25FN6O4S/c1-33(31,32)27-9-6-16(7-10-27)20(29)23-8-11-28-19-18(12-25-28)21(30)26(14-24-19)13-15-2-4-17(22)5-3-15/h2-5,12,14,16H,6-11,13H2,1H3,(H,23,29). The van der Waals surface area contributed by atoms with E-state index >= 15 is 0 Å². The summed E-state index contributed by atoms with van der Waals surface area (Å²) in [7, 11) is -3.23. The van der Waals surface area contributed by atoms with E-state index in [1.54, 1.807) is 16.8 Å². The first-order valence-corrected chi connectivity index (χ1v) is 12.5. The van der Waals surface area contributed by atoms with Gasteiger partial charge in [0, 0.05) is 25.6 Å². The number of carbonyl (C=O) groups is 1. The van der Waals surface area contributed by atoms with Crippen LogP contribution in [-0.2, 0) is 27.9 Å². The highest BCUT2D eigenvalue weighted by atomic mass is 32.2. The van der Waals surface area contributed by atoms with E-state index in [9.17, 15) is 22.4 Å². The molecule has 1 saturated heterocycles. The maximum atomic E-state index is 13.1. The third-order valence-electron chi connectivity index (χ3n) is 5.81. The Labute approximate surface area is 190 Å². The van der Waals surface area contributed by atoms with Crippen molar-refractivity contribution in [3.63, 3.8) is 0 Å². The Balaban J connectivity index is 1.35. The van der Waals surface area contributed by atoms with Gasteiger partial charge in [0.05, 0.1) is 25.5 Å². The molecule has 176 valence electrons. The van der Waals surface area contributed by atoms with Gasteiger partial charge in [0.2, 0.25) is 15.9 Å². The fourth-order valence-electron chi connectivity index (χ4n) is 3.94. The highest BCUT2D eigenvalue weighted by Crippen LogP contribution is 2.19. The van der Waals surface area contributed by atoms with E-state index in [2.05, 4.69) is 15.4 Å². The number of carbonyl (C=O) groups excluding carboxylic acids is 1. The molecule has 0 aliphatic carbocycles. The Morgan fingerprint density at radius 3 is 2.58 bits per heavy atom. The van der Waals surface area contributed by atoms with Crippen LogP contribution in [0.4, 0.5) is 4.39 Å². The van der Waals surface area contributed by atoms with Crippen molar-refractivity contribution in [1.29, 1.82) is 0 Å². The first kappa shape index (κ1) is 23.1.